The normalized spacial score (nSPS) is 22.8. The van der Waals surface area contributed by atoms with E-state index in [-0.39, 0.29) is 5.91 Å². The molecule has 0 bridgehead atoms. The number of amides is 1. The zero-order valence-corrected chi connectivity index (χ0v) is 12.9. The van der Waals surface area contributed by atoms with Gasteiger partial charge in [-0.3, -0.25) is 4.79 Å². The minimum Gasteiger partial charge on any atom is -0.381 e. The Kier molecular flexibility index (Phi) is 4.65. The number of benzene rings is 1. The smallest absolute Gasteiger partial charge is 0.219 e. The first-order valence-electron chi connectivity index (χ1n) is 7.23. The lowest BCUT2D eigenvalue weighted by Crippen LogP contribution is -2.26. The Labute approximate surface area is 121 Å². The Morgan fingerprint density at radius 1 is 1.45 bits per heavy atom. The summed E-state index contributed by atoms with van der Waals surface area (Å²) in [6.45, 7) is 5.58. The molecule has 20 heavy (non-hydrogen) atoms. The molecule has 4 heteroatoms. The number of carbonyl (C=O) groups excluding carboxylic acids is 1. The average molecular weight is 275 g/mol. The van der Waals surface area contributed by atoms with Crippen LogP contribution in [0.1, 0.15) is 25.8 Å². The summed E-state index contributed by atoms with van der Waals surface area (Å²) in [4.78, 5) is 15.5. The first kappa shape index (κ1) is 14.9. The number of anilines is 1. The van der Waals surface area contributed by atoms with Crippen LogP contribution in [0.4, 0.5) is 5.69 Å². The van der Waals surface area contributed by atoms with E-state index in [2.05, 4.69) is 36.3 Å². The highest BCUT2D eigenvalue weighted by Gasteiger charge is 2.26. The van der Waals surface area contributed by atoms with Gasteiger partial charge in [-0.05, 0) is 32.0 Å². The van der Waals surface area contributed by atoms with Gasteiger partial charge in [0, 0.05) is 44.8 Å². The van der Waals surface area contributed by atoms with Crippen LogP contribution in [0, 0.1) is 0 Å². The molecule has 0 saturated carbocycles. The number of rotatable bonds is 4. The number of nitrogens with one attached hydrogen (secondary N) is 1. The van der Waals surface area contributed by atoms with Crippen molar-refractivity contribution < 1.29 is 4.79 Å². The second kappa shape index (κ2) is 6.27. The Morgan fingerprint density at radius 3 is 2.75 bits per heavy atom. The molecule has 1 aliphatic rings. The largest absolute Gasteiger partial charge is 0.381 e. The molecule has 0 spiro atoms. The standard InChI is InChI=1S/C16H25N3O/c1-12-9-15(11-18(12)3)17-16-8-6-5-7-14(16)10-19(4)13(2)20/h5-8,12,15,17H,9-11H2,1-4H3. The lowest BCUT2D eigenvalue weighted by molar-refractivity contribution is -0.128. The van der Waals surface area contributed by atoms with E-state index in [1.165, 1.54) is 5.56 Å². The van der Waals surface area contributed by atoms with Crippen molar-refractivity contribution in [2.45, 2.75) is 38.9 Å². The van der Waals surface area contributed by atoms with Crippen LogP contribution in [0.2, 0.25) is 0 Å². The Morgan fingerprint density at radius 2 is 2.15 bits per heavy atom. The highest BCUT2D eigenvalue weighted by Crippen LogP contribution is 2.23. The van der Waals surface area contributed by atoms with Crippen molar-refractivity contribution in [2.75, 3.05) is 26.0 Å². The van der Waals surface area contributed by atoms with E-state index in [0.717, 1.165) is 18.7 Å². The van der Waals surface area contributed by atoms with Gasteiger partial charge in [-0.15, -0.1) is 0 Å². The molecule has 1 fully saturated rings. The molecule has 2 atom stereocenters. The lowest BCUT2D eigenvalue weighted by Gasteiger charge is -2.21. The van der Waals surface area contributed by atoms with Crippen molar-refractivity contribution in [3.05, 3.63) is 29.8 Å². The number of hydrogen-bond acceptors (Lipinski definition) is 3. The Bertz CT molecular complexity index is 465. The summed E-state index contributed by atoms with van der Waals surface area (Å²) in [5.41, 5.74) is 2.32. The van der Waals surface area contributed by atoms with Gasteiger partial charge < -0.3 is 15.1 Å². The van der Waals surface area contributed by atoms with Crippen LogP contribution < -0.4 is 5.32 Å². The van der Waals surface area contributed by atoms with E-state index in [9.17, 15) is 4.79 Å². The van der Waals surface area contributed by atoms with Crippen LogP contribution in [-0.4, -0.2) is 48.4 Å². The minimum absolute atomic E-state index is 0.0917. The highest BCUT2D eigenvalue weighted by atomic mass is 16.2. The van der Waals surface area contributed by atoms with Gasteiger partial charge in [0.15, 0.2) is 0 Å². The molecule has 0 aromatic heterocycles. The lowest BCUT2D eigenvalue weighted by atomic mass is 10.1. The first-order chi connectivity index (χ1) is 9.47. The molecule has 4 nitrogen and oxygen atoms in total. The summed E-state index contributed by atoms with van der Waals surface area (Å²) in [7, 11) is 4.01. The first-order valence-corrected chi connectivity index (χ1v) is 7.23. The van der Waals surface area contributed by atoms with E-state index < -0.39 is 0 Å². The summed E-state index contributed by atoms with van der Waals surface area (Å²) in [6, 6.07) is 9.37. The summed E-state index contributed by atoms with van der Waals surface area (Å²) >= 11 is 0. The fourth-order valence-corrected chi connectivity index (χ4v) is 2.68. The maximum Gasteiger partial charge on any atom is 0.219 e. The molecule has 0 radical (unpaired) electrons. The number of hydrogen-bond donors (Lipinski definition) is 1. The van der Waals surface area contributed by atoms with Crippen molar-refractivity contribution in [1.82, 2.24) is 9.80 Å². The van der Waals surface area contributed by atoms with Crippen molar-refractivity contribution in [2.24, 2.45) is 0 Å². The van der Waals surface area contributed by atoms with Gasteiger partial charge in [0.1, 0.15) is 0 Å². The molecule has 1 heterocycles. The molecule has 1 N–H and O–H groups in total. The van der Waals surface area contributed by atoms with Crippen LogP contribution in [0.5, 0.6) is 0 Å². The SMILES string of the molecule is CC(=O)N(C)Cc1ccccc1NC1CC(C)N(C)C1. The molecule has 1 aromatic carbocycles. The maximum atomic E-state index is 11.4. The summed E-state index contributed by atoms with van der Waals surface area (Å²) in [6.07, 6.45) is 1.16. The van der Waals surface area contributed by atoms with Gasteiger partial charge in [0.2, 0.25) is 5.91 Å². The molecule has 1 amide bonds. The summed E-state index contributed by atoms with van der Waals surface area (Å²) in [5, 5.41) is 3.63. The second-order valence-corrected chi connectivity index (χ2v) is 5.90. The van der Waals surface area contributed by atoms with Crippen LogP contribution in [0.15, 0.2) is 24.3 Å². The zero-order chi connectivity index (χ0) is 14.7. The molecule has 0 aliphatic carbocycles. The highest BCUT2D eigenvalue weighted by molar-refractivity contribution is 5.73. The molecule has 2 unspecified atom stereocenters. The van der Waals surface area contributed by atoms with Crippen LogP contribution in [0.3, 0.4) is 0 Å². The van der Waals surface area contributed by atoms with E-state index in [4.69, 9.17) is 0 Å². The number of carbonyl (C=O) groups is 1. The number of likely N-dealkylation sites (tertiary alicyclic amines) is 1. The number of likely N-dealkylation sites (N-methyl/N-ethyl adjacent to an activating group) is 1. The van der Waals surface area contributed by atoms with Crippen LogP contribution in [0.25, 0.3) is 0 Å². The van der Waals surface area contributed by atoms with Crippen molar-refractivity contribution >= 4 is 11.6 Å². The molecule has 110 valence electrons. The minimum atomic E-state index is 0.0917. The van der Waals surface area contributed by atoms with Gasteiger partial charge in [0.05, 0.1) is 0 Å². The zero-order valence-electron chi connectivity index (χ0n) is 12.9. The quantitative estimate of drug-likeness (QED) is 0.915. The van der Waals surface area contributed by atoms with E-state index in [1.54, 1.807) is 11.8 Å². The predicted molar refractivity (Wildman–Crippen MR) is 82.7 cm³/mol. The van der Waals surface area contributed by atoms with E-state index in [0.29, 0.717) is 18.6 Å². The van der Waals surface area contributed by atoms with Gasteiger partial charge >= 0.3 is 0 Å². The van der Waals surface area contributed by atoms with E-state index >= 15 is 0 Å². The van der Waals surface area contributed by atoms with Crippen LogP contribution >= 0.6 is 0 Å². The predicted octanol–water partition coefficient (Wildman–Crippen LogP) is 2.17. The van der Waals surface area contributed by atoms with Crippen molar-refractivity contribution in [1.29, 1.82) is 0 Å². The molecular formula is C16H25N3O. The second-order valence-electron chi connectivity index (χ2n) is 5.90. The third kappa shape index (κ3) is 3.51. The molecule has 1 aromatic rings. The Balaban J connectivity index is 2.06. The van der Waals surface area contributed by atoms with E-state index in [1.807, 2.05) is 19.2 Å². The fraction of sp³-hybridized carbons (Fsp3) is 0.562. The third-order valence-corrected chi connectivity index (χ3v) is 4.21. The van der Waals surface area contributed by atoms with Crippen molar-refractivity contribution in [3.63, 3.8) is 0 Å². The van der Waals surface area contributed by atoms with Gasteiger partial charge in [-0.1, -0.05) is 18.2 Å². The summed E-state index contributed by atoms with van der Waals surface area (Å²) in [5.74, 6) is 0.0917. The van der Waals surface area contributed by atoms with Crippen molar-refractivity contribution in [3.8, 4) is 0 Å². The number of para-hydroxylation sites is 1. The molecule has 1 saturated heterocycles. The topological polar surface area (TPSA) is 35.6 Å². The number of nitrogens with zero attached hydrogens (tertiary/aromatic N) is 2. The monoisotopic (exact) mass is 275 g/mol. The van der Waals surface area contributed by atoms with Crippen LogP contribution in [-0.2, 0) is 11.3 Å². The molecule has 1 aliphatic heterocycles. The molecule has 2 rings (SSSR count). The average Bonchev–Trinajstić information content (AvgIpc) is 2.70. The van der Waals surface area contributed by atoms with Gasteiger partial charge in [0.25, 0.3) is 0 Å². The fourth-order valence-electron chi connectivity index (χ4n) is 2.68. The molecular weight excluding hydrogens is 250 g/mol. The third-order valence-electron chi connectivity index (χ3n) is 4.21. The Hall–Kier alpha value is -1.55. The van der Waals surface area contributed by atoms with Gasteiger partial charge in [-0.2, -0.15) is 0 Å². The summed E-state index contributed by atoms with van der Waals surface area (Å²) < 4.78 is 0. The van der Waals surface area contributed by atoms with Gasteiger partial charge in [-0.25, -0.2) is 0 Å². The maximum absolute atomic E-state index is 11.4.